The molecule has 8 heteroatoms. The zero-order valence-electron chi connectivity index (χ0n) is 19.9. The highest BCUT2D eigenvalue weighted by molar-refractivity contribution is 7.21. The number of nitrogens with one attached hydrogen (secondary N) is 1. The van der Waals surface area contributed by atoms with Crippen molar-refractivity contribution in [2.45, 2.75) is 47.5 Å². The smallest absolute Gasteiger partial charge is 0.187 e. The predicted molar refractivity (Wildman–Crippen MR) is 133 cm³/mol. The standard InChI is InChI=1S/C24H33N7S/c1-14(2)11-29-7-9-30(10-8-29)24-28-21-19(15(3)4)20(27-23(21)32-24)18-12-31-22(25-13-26-31)17(6)16(18)5/h12-15,27H,7-11H2,1-6H3. The summed E-state index contributed by atoms with van der Waals surface area (Å²) in [4.78, 5) is 19.5. The lowest BCUT2D eigenvalue weighted by Crippen LogP contribution is -2.47. The Morgan fingerprint density at radius 1 is 1.06 bits per heavy atom. The maximum Gasteiger partial charge on any atom is 0.187 e. The summed E-state index contributed by atoms with van der Waals surface area (Å²) in [7, 11) is 0. The summed E-state index contributed by atoms with van der Waals surface area (Å²) in [5.74, 6) is 1.08. The van der Waals surface area contributed by atoms with E-state index in [1.165, 1.54) is 39.3 Å². The van der Waals surface area contributed by atoms with E-state index in [0.717, 1.165) is 48.4 Å². The van der Waals surface area contributed by atoms with Crippen LogP contribution in [0.2, 0.25) is 0 Å². The van der Waals surface area contributed by atoms with Crippen molar-refractivity contribution in [3.05, 3.63) is 29.2 Å². The lowest BCUT2D eigenvalue weighted by atomic mass is 9.96. The van der Waals surface area contributed by atoms with Crippen molar-refractivity contribution in [3.8, 4) is 11.3 Å². The molecule has 170 valence electrons. The fourth-order valence-corrected chi connectivity index (χ4v) is 5.91. The maximum atomic E-state index is 5.15. The number of aryl methyl sites for hydroxylation is 1. The van der Waals surface area contributed by atoms with Crippen LogP contribution in [0, 0.1) is 19.8 Å². The molecule has 0 bridgehead atoms. The summed E-state index contributed by atoms with van der Waals surface area (Å²) in [6, 6.07) is 0. The average Bonchev–Trinajstić information content (AvgIpc) is 3.44. The van der Waals surface area contributed by atoms with E-state index in [-0.39, 0.29) is 0 Å². The number of nitrogens with zero attached hydrogens (tertiary/aromatic N) is 6. The van der Waals surface area contributed by atoms with Crippen molar-refractivity contribution in [3.63, 3.8) is 0 Å². The van der Waals surface area contributed by atoms with Crippen LogP contribution in [-0.2, 0) is 0 Å². The van der Waals surface area contributed by atoms with Crippen molar-refractivity contribution in [1.29, 1.82) is 0 Å². The van der Waals surface area contributed by atoms with E-state index in [9.17, 15) is 0 Å². The number of aromatic amines is 1. The summed E-state index contributed by atoms with van der Waals surface area (Å²) in [6.07, 6.45) is 3.72. The first kappa shape index (κ1) is 21.4. The van der Waals surface area contributed by atoms with Crippen LogP contribution in [0.5, 0.6) is 0 Å². The van der Waals surface area contributed by atoms with E-state index >= 15 is 0 Å². The normalized spacial score (nSPS) is 15.8. The van der Waals surface area contributed by atoms with E-state index in [2.05, 4.69) is 72.6 Å². The number of thiazole rings is 1. The maximum absolute atomic E-state index is 5.15. The molecule has 0 unspecified atom stereocenters. The van der Waals surface area contributed by atoms with Crippen molar-refractivity contribution in [1.82, 2.24) is 29.5 Å². The van der Waals surface area contributed by atoms with E-state index in [1.54, 1.807) is 17.7 Å². The fourth-order valence-electron chi connectivity index (χ4n) is 4.88. The molecule has 1 aliphatic rings. The number of hydrogen-bond acceptors (Lipinski definition) is 6. The van der Waals surface area contributed by atoms with Gasteiger partial charge in [-0.25, -0.2) is 14.5 Å². The Labute approximate surface area is 193 Å². The number of piperazine rings is 1. The van der Waals surface area contributed by atoms with Gasteiger partial charge in [0, 0.05) is 50.0 Å². The lowest BCUT2D eigenvalue weighted by Gasteiger charge is -2.35. The third-order valence-electron chi connectivity index (χ3n) is 6.62. The van der Waals surface area contributed by atoms with Crippen LogP contribution >= 0.6 is 11.3 Å². The third kappa shape index (κ3) is 3.59. The molecule has 0 radical (unpaired) electrons. The van der Waals surface area contributed by atoms with Crippen molar-refractivity contribution >= 4 is 32.5 Å². The van der Waals surface area contributed by atoms with E-state index in [0.29, 0.717) is 5.92 Å². The molecule has 1 N–H and O–H groups in total. The summed E-state index contributed by atoms with van der Waals surface area (Å²) in [5.41, 5.74) is 8.09. The second-order valence-corrected chi connectivity index (χ2v) is 10.7. The van der Waals surface area contributed by atoms with Gasteiger partial charge in [0.1, 0.15) is 16.7 Å². The Hall–Kier alpha value is -2.45. The molecule has 1 aliphatic heterocycles. The SMILES string of the molecule is Cc1c(-c2[nH]c3sc(N4CCN(CC(C)C)CC4)nc3c2C(C)C)cn2ncnc2c1C. The highest BCUT2D eigenvalue weighted by Crippen LogP contribution is 2.41. The first-order valence-corrected chi connectivity index (χ1v) is 12.4. The summed E-state index contributed by atoms with van der Waals surface area (Å²) < 4.78 is 1.88. The number of hydrogen-bond donors (Lipinski definition) is 1. The molecular weight excluding hydrogens is 418 g/mol. The zero-order chi connectivity index (χ0) is 22.6. The van der Waals surface area contributed by atoms with E-state index in [4.69, 9.17) is 4.98 Å². The molecule has 5 rings (SSSR count). The molecule has 4 aromatic heterocycles. The van der Waals surface area contributed by atoms with E-state index < -0.39 is 0 Å². The molecule has 7 nitrogen and oxygen atoms in total. The fraction of sp³-hybridized carbons (Fsp3) is 0.542. The van der Waals surface area contributed by atoms with Crippen LogP contribution in [0.15, 0.2) is 12.5 Å². The third-order valence-corrected chi connectivity index (χ3v) is 7.65. The Morgan fingerprint density at radius 3 is 2.50 bits per heavy atom. The molecule has 1 fully saturated rings. The van der Waals surface area contributed by atoms with Crippen LogP contribution < -0.4 is 4.90 Å². The second-order valence-electron chi connectivity index (χ2n) is 9.75. The number of aromatic nitrogens is 5. The molecule has 4 aromatic rings. The van der Waals surface area contributed by atoms with Gasteiger partial charge in [0.25, 0.3) is 0 Å². The van der Waals surface area contributed by atoms with Gasteiger partial charge in [0.2, 0.25) is 0 Å². The number of rotatable bonds is 5. The van der Waals surface area contributed by atoms with Gasteiger partial charge in [-0.2, -0.15) is 5.10 Å². The second kappa shape index (κ2) is 8.15. The predicted octanol–water partition coefficient (Wildman–Crippen LogP) is 4.85. The molecule has 1 saturated heterocycles. The summed E-state index contributed by atoms with van der Waals surface area (Å²) in [6.45, 7) is 18.9. The van der Waals surface area contributed by atoms with Crippen molar-refractivity contribution < 1.29 is 0 Å². The van der Waals surface area contributed by atoms with Gasteiger partial charge in [-0.05, 0) is 36.8 Å². The first-order chi connectivity index (χ1) is 15.3. The van der Waals surface area contributed by atoms with Gasteiger partial charge in [0.15, 0.2) is 10.8 Å². The lowest BCUT2D eigenvalue weighted by molar-refractivity contribution is 0.231. The van der Waals surface area contributed by atoms with Gasteiger partial charge in [-0.1, -0.05) is 39.0 Å². The van der Waals surface area contributed by atoms with Gasteiger partial charge in [-0.3, -0.25) is 4.90 Å². The monoisotopic (exact) mass is 451 g/mol. The minimum Gasteiger partial charge on any atom is -0.345 e. The Bertz CT molecular complexity index is 1250. The van der Waals surface area contributed by atoms with Crippen LogP contribution in [0.25, 0.3) is 27.3 Å². The van der Waals surface area contributed by atoms with Crippen molar-refractivity contribution in [2.75, 3.05) is 37.6 Å². The zero-order valence-corrected chi connectivity index (χ0v) is 20.8. The highest BCUT2D eigenvalue weighted by Gasteiger charge is 2.25. The molecule has 0 amide bonds. The molecule has 0 aliphatic carbocycles. The first-order valence-electron chi connectivity index (χ1n) is 11.6. The van der Waals surface area contributed by atoms with Crippen LogP contribution in [-0.4, -0.2) is 62.2 Å². The minimum absolute atomic E-state index is 0.364. The van der Waals surface area contributed by atoms with Crippen LogP contribution in [0.4, 0.5) is 5.13 Å². The number of anilines is 1. The Kier molecular flexibility index (Phi) is 5.45. The highest BCUT2D eigenvalue weighted by atomic mass is 32.1. The number of fused-ring (bicyclic) bond motifs is 2. The number of pyridine rings is 1. The topological polar surface area (TPSA) is 65.4 Å². The van der Waals surface area contributed by atoms with Gasteiger partial charge < -0.3 is 9.88 Å². The molecule has 0 spiro atoms. The van der Waals surface area contributed by atoms with Gasteiger partial charge >= 0.3 is 0 Å². The molecule has 5 heterocycles. The molecule has 32 heavy (non-hydrogen) atoms. The Morgan fingerprint density at radius 2 is 1.81 bits per heavy atom. The molecule has 0 aromatic carbocycles. The molecule has 0 saturated carbocycles. The molecule has 0 atom stereocenters. The Balaban J connectivity index is 1.51. The molecular formula is C24H33N7S. The average molecular weight is 452 g/mol. The van der Waals surface area contributed by atoms with Crippen LogP contribution in [0.1, 0.15) is 50.3 Å². The van der Waals surface area contributed by atoms with E-state index in [1.807, 2.05) is 4.52 Å². The van der Waals surface area contributed by atoms with Crippen LogP contribution in [0.3, 0.4) is 0 Å². The minimum atomic E-state index is 0.364. The summed E-state index contributed by atoms with van der Waals surface area (Å²) in [5, 5.41) is 5.53. The number of H-pyrrole nitrogens is 1. The summed E-state index contributed by atoms with van der Waals surface area (Å²) >= 11 is 1.79. The van der Waals surface area contributed by atoms with Gasteiger partial charge in [0.05, 0.1) is 5.69 Å². The van der Waals surface area contributed by atoms with Gasteiger partial charge in [-0.15, -0.1) is 0 Å². The quantitative estimate of drug-likeness (QED) is 0.470. The largest absolute Gasteiger partial charge is 0.345 e. The van der Waals surface area contributed by atoms with Crippen molar-refractivity contribution in [2.24, 2.45) is 5.92 Å².